The van der Waals surface area contributed by atoms with Crippen molar-refractivity contribution in [3.05, 3.63) is 35.4 Å². The van der Waals surface area contributed by atoms with Crippen molar-refractivity contribution in [2.75, 3.05) is 26.2 Å². The Bertz CT molecular complexity index is 954. The first-order chi connectivity index (χ1) is 15.3. The molecule has 0 radical (unpaired) electrons. The van der Waals surface area contributed by atoms with Gasteiger partial charge in [0.05, 0.1) is 5.56 Å². The van der Waals surface area contributed by atoms with Gasteiger partial charge in [0.25, 0.3) is 11.8 Å². The van der Waals surface area contributed by atoms with Crippen molar-refractivity contribution in [2.24, 2.45) is 5.16 Å². The van der Waals surface area contributed by atoms with Gasteiger partial charge in [0.15, 0.2) is 0 Å². The zero-order valence-electron chi connectivity index (χ0n) is 17.4. The van der Waals surface area contributed by atoms with Crippen molar-refractivity contribution in [2.45, 2.75) is 43.7 Å². The van der Waals surface area contributed by atoms with Crippen molar-refractivity contribution in [3.63, 3.8) is 0 Å². The Morgan fingerprint density at radius 3 is 2.41 bits per heavy atom. The molecule has 3 amide bonds. The fourth-order valence-corrected chi connectivity index (χ4v) is 4.35. The Morgan fingerprint density at radius 1 is 1.09 bits per heavy atom. The molecule has 11 heteroatoms. The van der Waals surface area contributed by atoms with Crippen molar-refractivity contribution < 1.29 is 33.1 Å². The molecule has 4 rings (SSSR count). The minimum Gasteiger partial charge on any atom is -0.465 e. The van der Waals surface area contributed by atoms with Crippen LogP contribution in [0.4, 0.5) is 13.6 Å². The Morgan fingerprint density at radius 2 is 1.78 bits per heavy atom. The number of likely N-dealkylation sites (tertiary alicyclic amines) is 2. The van der Waals surface area contributed by atoms with E-state index >= 15 is 0 Å². The second-order valence-corrected chi connectivity index (χ2v) is 8.42. The summed E-state index contributed by atoms with van der Waals surface area (Å²) in [5.41, 5.74) is -0.591. The highest BCUT2D eigenvalue weighted by Crippen LogP contribution is 2.35. The minimum absolute atomic E-state index is 0.123. The molecule has 0 atom stereocenters. The van der Waals surface area contributed by atoms with E-state index in [0.29, 0.717) is 64.3 Å². The molecule has 9 nitrogen and oxygen atoms in total. The lowest BCUT2D eigenvalue weighted by molar-refractivity contribution is -0.115. The van der Waals surface area contributed by atoms with Crippen LogP contribution in [0.25, 0.3) is 0 Å². The number of benzene rings is 1. The molecule has 172 valence electrons. The lowest BCUT2D eigenvalue weighted by Crippen LogP contribution is -2.49. The van der Waals surface area contributed by atoms with Gasteiger partial charge in [-0.25, -0.2) is 13.6 Å². The Labute approximate surface area is 183 Å². The average molecular weight is 450 g/mol. The number of halogens is 2. The van der Waals surface area contributed by atoms with E-state index in [4.69, 9.17) is 9.94 Å². The second-order valence-electron chi connectivity index (χ2n) is 8.42. The normalized spacial score (nSPS) is 20.6. The van der Waals surface area contributed by atoms with Gasteiger partial charge in [-0.3, -0.25) is 9.59 Å². The number of nitrogens with zero attached hydrogens (tertiary/aromatic N) is 3. The topological polar surface area (TPSA) is 112 Å². The van der Waals surface area contributed by atoms with Gasteiger partial charge in [-0.05, 0) is 25.0 Å². The number of carbonyl (C=O) groups excluding carboxylic acids is 2. The largest absolute Gasteiger partial charge is 0.465 e. The first-order valence-corrected chi connectivity index (χ1v) is 10.5. The summed E-state index contributed by atoms with van der Waals surface area (Å²) in [5.74, 6) is -2.49. The van der Waals surface area contributed by atoms with Gasteiger partial charge in [-0.1, -0.05) is 5.16 Å². The predicted octanol–water partition coefficient (Wildman–Crippen LogP) is 1.97. The first kappa shape index (κ1) is 22.0. The summed E-state index contributed by atoms with van der Waals surface area (Å²) in [4.78, 5) is 44.6. The molecule has 1 spiro atoms. The van der Waals surface area contributed by atoms with E-state index in [1.54, 1.807) is 0 Å². The number of hydrogen-bond acceptors (Lipinski definition) is 5. The smallest absolute Gasteiger partial charge is 0.407 e. The van der Waals surface area contributed by atoms with Gasteiger partial charge in [0, 0.05) is 57.5 Å². The molecule has 1 aromatic rings. The number of nitrogens with one attached hydrogen (secondary N) is 1. The third-order valence-corrected chi connectivity index (χ3v) is 6.33. The van der Waals surface area contributed by atoms with Crippen molar-refractivity contribution in [3.8, 4) is 0 Å². The number of oxime groups is 1. The molecule has 0 unspecified atom stereocenters. The summed E-state index contributed by atoms with van der Waals surface area (Å²) in [5, 5.41) is 15.9. The van der Waals surface area contributed by atoms with Crippen molar-refractivity contribution in [1.29, 1.82) is 0 Å². The molecule has 0 bridgehead atoms. The molecular weight excluding hydrogens is 426 g/mol. The Balaban J connectivity index is 1.27. The third kappa shape index (κ3) is 4.51. The number of carboxylic acid groups (broad SMARTS) is 1. The number of carbonyl (C=O) groups is 3. The highest BCUT2D eigenvalue weighted by atomic mass is 19.1. The summed E-state index contributed by atoms with van der Waals surface area (Å²) in [6.45, 7) is 1.33. The van der Waals surface area contributed by atoms with Gasteiger partial charge in [0.1, 0.15) is 22.9 Å². The zero-order valence-corrected chi connectivity index (χ0v) is 17.4. The molecule has 0 saturated carbocycles. The lowest BCUT2D eigenvalue weighted by atomic mass is 9.86. The molecule has 1 aromatic carbocycles. The quantitative estimate of drug-likeness (QED) is 0.732. The van der Waals surface area contributed by atoms with Crippen LogP contribution < -0.4 is 5.32 Å². The summed E-state index contributed by atoms with van der Waals surface area (Å²) < 4.78 is 27.0. The van der Waals surface area contributed by atoms with E-state index in [1.165, 1.54) is 9.80 Å². The van der Waals surface area contributed by atoms with Crippen LogP contribution in [-0.4, -0.2) is 76.3 Å². The molecule has 2 saturated heterocycles. The molecule has 2 N–H and O–H groups in total. The fourth-order valence-electron chi connectivity index (χ4n) is 4.35. The standard InChI is InChI=1S/C21H24F2N4O5/c22-13-1-2-15(16(23)11-13)19(29)26-9-5-21(6-10-26)12-17(25-32-21)18(28)24-14-3-7-27(8-4-14)20(30)31/h1-2,11,14H,3-10,12H2,(H,24,28)(H,30,31). The van der Waals surface area contributed by atoms with Crippen molar-refractivity contribution >= 4 is 23.6 Å². The molecule has 2 fully saturated rings. The van der Waals surface area contributed by atoms with Crippen LogP contribution in [0.15, 0.2) is 23.4 Å². The average Bonchev–Trinajstić information content (AvgIpc) is 3.18. The summed E-state index contributed by atoms with van der Waals surface area (Å²) in [7, 11) is 0. The van der Waals surface area contributed by atoms with E-state index in [2.05, 4.69) is 10.5 Å². The number of amides is 3. The molecule has 3 heterocycles. The van der Waals surface area contributed by atoms with E-state index < -0.39 is 29.2 Å². The maximum Gasteiger partial charge on any atom is 0.407 e. The molecule has 3 aliphatic rings. The molecule has 0 aliphatic carbocycles. The van der Waals surface area contributed by atoms with Crippen LogP contribution in [0, 0.1) is 11.6 Å². The zero-order chi connectivity index (χ0) is 22.9. The van der Waals surface area contributed by atoms with Gasteiger partial charge in [-0.2, -0.15) is 0 Å². The molecule has 3 aliphatic heterocycles. The predicted molar refractivity (Wildman–Crippen MR) is 108 cm³/mol. The lowest BCUT2D eigenvalue weighted by Gasteiger charge is -2.37. The Kier molecular flexibility index (Phi) is 5.98. The maximum absolute atomic E-state index is 13.9. The van der Waals surface area contributed by atoms with E-state index in [1.807, 2.05) is 0 Å². The monoisotopic (exact) mass is 450 g/mol. The van der Waals surface area contributed by atoms with Gasteiger partial charge in [-0.15, -0.1) is 0 Å². The molecular formula is C21H24F2N4O5. The van der Waals surface area contributed by atoms with E-state index in [-0.39, 0.29) is 23.2 Å². The van der Waals surface area contributed by atoms with Crippen LogP contribution in [0.3, 0.4) is 0 Å². The highest BCUT2D eigenvalue weighted by molar-refractivity contribution is 6.39. The van der Waals surface area contributed by atoms with Crippen LogP contribution in [0.2, 0.25) is 0 Å². The summed E-state index contributed by atoms with van der Waals surface area (Å²) in [6.07, 6.45) is 1.28. The highest BCUT2D eigenvalue weighted by Gasteiger charge is 2.45. The van der Waals surface area contributed by atoms with Crippen LogP contribution in [-0.2, 0) is 9.63 Å². The number of hydrogen-bond donors (Lipinski definition) is 2. The first-order valence-electron chi connectivity index (χ1n) is 10.5. The van der Waals surface area contributed by atoms with Crippen LogP contribution in [0.5, 0.6) is 0 Å². The molecule has 32 heavy (non-hydrogen) atoms. The van der Waals surface area contributed by atoms with Gasteiger partial charge in [0.2, 0.25) is 0 Å². The maximum atomic E-state index is 13.9. The Hall–Kier alpha value is -3.24. The number of piperidine rings is 2. The third-order valence-electron chi connectivity index (χ3n) is 6.33. The van der Waals surface area contributed by atoms with E-state index in [0.717, 1.165) is 12.1 Å². The van der Waals surface area contributed by atoms with Gasteiger partial charge < -0.3 is 25.1 Å². The minimum atomic E-state index is -0.961. The van der Waals surface area contributed by atoms with Crippen molar-refractivity contribution in [1.82, 2.24) is 15.1 Å². The fraction of sp³-hybridized carbons (Fsp3) is 0.524. The summed E-state index contributed by atoms with van der Waals surface area (Å²) >= 11 is 0. The van der Waals surface area contributed by atoms with Gasteiger partial charge >= 0.3 is 6.09 Å². The second kappa shape index (κ2) is 8.71. The van der Waals surface area contributed by atoms with E-state index in [9.17, 15) is 23.2 Å². The van der Waals surface area contributed by atoms with Crippen LogP contribution in [0.1, 0.15) is 42.5 Å². The molecule has 0 aromatic heterocycles. The summed E-state index contributed by atoms with van der Waals surface area (Å²) in [6, 6.07) is 2.74. The SMILES string of the molecule is O=C(NC1CCN(C(=O)O)CC1)C1=NOC2(CCN(C(=O)c3ccc(F)cc3F)CC2)C1. The van der Waals surface area contributed by atoms with Crippen LogP contribution >= 0.6 is 0 Å². The number of rotatable bonds is 3.